The summed E-state index contributed by atoms with van der Waals surface area (Å²) in [6.45, 7) is 2.78. The van der Waals surface area contributed by atoms with Gasteiger partial charge in [-0.05, 0) is 19.1 Å². The lowest BCUT2D eigenvalue weighted by molar-refractivity contribution is 0.338. The summed E-state index contributed by atoms with van der Waals surface area (Å²) in [6, 6.07) is 4.68. The van der Waals surface area contributed by atoms with Gasteiger partial charge in [-0.1, -0.05) is 0 Å². The number of nitrogens with zero attached hydrogens (tertiary/aromatic N) is 5. The summed E-state index contributed by atoms with van der Waals surface area (Å²) in [5.41, 5.74) is 0.918. The Balaban J connectivity index is 1.66. The Hall–Kier alpha value is -3.49. The van der Waals surface area contributed by atoms with E-state index in [1.807, 2.05) is 6.92 Å². The molecule has 4 rings (SSSR count). The summed E-state index contributed by atoms with van der Waals surface area (Å²) in [5.74, 6) is 1.33. The van der Waals surface area contributed by atoms with Crippen molar-refractivity contribution in [2.45, 2.75) is 13.5 Å². The Morgan fingerprint density at radius 1 is 1.35 bits per heavy atom. The molecule has 0 aliphatic carbocycles. The number of hydrogen-bond acceptors (Lipinski definition) is 6. The monoisotopic (exact) mass is 353 g/mol. The van der Waals surface area contributed by atoms with Crippen LogP contribution >= 0.6 is 0 Å². The molecule has 4 aromatic rings. The molecule has 9 heteroatoms. The van der Waals surface area contributed by atoms with Crippen LogP contribution in [0.15, 0.2) is 43.0 Å². The van der Waals surface area contributed by atoms with Crippen molar-refractivity contribution in [1.82, 2.24) is 29.9 Å². The number of benzene rings is 1. The fraction of sp³-hybridized carbons (Fsp3) is 0.176. The first-order valence-corrected chi connectivity index (χ1v) is 8.10. The van der Waals surface area contributed by atoms with Crippen molar-refractivity contribution in [2.75, 3.05) is 11.9 Å². The number of ether oxygens (including phenoxy) is 1. The lowest BCUT2D eigenvalue weighted by atomic mass is 10.3. The molecule has 0 bridgehead atoms. The Kier molecular flexibility index (Phi) is 4.18. The molecule has 0 saturated heterocycles. The summed E-state index contributed by atoms with van der Waals surface area (Å²) >= 11 is 0. The summed E-state index contributed by atoms with van der Waals surface area (Å²) in [6.07, 6.45) is 6.71. The minimum Gasteiger partial charge on any atom is -0.494 e. The van der Waals surface area contributed by atoms with Gasteiger partial charge in [0.25, 0.3) is 0 Å². The molecule has 0 saturated carbocycles. The Morgan fingerprint density at radius 2 is 2.27 bits per heavy atom. The molecule has 0 aliphatic heterocycles. The summed E-state index contributed by atoms with van der Waals surface area (Å²) < 4.78 is 21.2. The van der Waals surface area contributed by atoms with E-state index in [0.717, 1.165) is 11.2 Å². The average molecular weight is 353 g/mol. The molecule has 3 aromatic heterocycles. The molecule has 1 aromatic carbocycles. The molecular weight excluding hydrogens is 337 g/mol. The number of H-pyrrole nitrogens is 1. The third kappa shape index (κ3) is 3.06. The molecule has 0 aliphatic rings. The molecule has 3 heterocycles. The number of aromatic amines is 1. The molecule has 0 fully saturated rings. The zero-order chi connectivity index (χ0) is 17.9. The van der Waals surface area contributed by atoms with E-state index in [-0.39, 0.29) is 0 Å². The highest BCUT2D eigenvalue weighted by molar-refractivity contribution is 5.87. The second-order valence-corrected chi connectivity index (χ2v) is 5.51. The van der Waals surface area contributed by atoms with Crippen molar-refractivity contribution >= 4 is 16.7 Å². The van der Waals surface area contributed by atoms with Crippen LogP contribution in [-0.4, -0.2) is 36.6 Å². The lowest BCUT2D eigenvalue weighted by Crippen LogP contribution is -2.04. The second kappa shape index (κ2) is 6.79. The molecule has 8 nitrogen and oxygen atoms in total. The highest BCUT2D eigenvalue weighted by atomic mass is 19.1. The van der Waals surface area contributed by atoms with Crippen molar-refractivity contribution < 1.29 is 9.13 Å². The average Bonchev–Trinajstić information content (AvgIpc) is 3.30. The van der Waals surface area contributed by atoms with Crippen LogP contribution in [-0.2, 0) is 6.54 Å². The van der Waals surface area contributed by atoms with Crippen LogP contribution in [0, 0.1) is 5.82 Å². The minimum atomic E-state index is -0.422. The third-order valence-corrected chi connectivity index (χ3v) is 3.78. The zero-order valence-electron chi connectivity index (χ0n) is 14.0. The van der Waals surface area contributed by atoms with Gasteiger partial charge in [-0.15, -0.1) is 5.10 Å². The minimum absolute atomic E-state index is 0.321. The number of anilines is 1. The topological polar surface area (TPSA) is 93.5 Å². The Bertz CT molecular complexity index is 1030. The van der Waals surface area contributed by atoms with Gasteiger partial charge in [0.1, 0.15) is 22.8 Å². The maximum absolute atomic E-state index is 14.4. The number of rotatable bonds is 6. The molecule has 132 valence electrons. The highest BCUT2D eigenvalue weighted by Gasteiger charge is 2.13. The molecule has 26 heavy (non-hydrogen) atoms. The van der Waals surface area contributed by atoms with Crippen molar-refractivity contribution in [1.29, 1.82) is 0 Å². The fourth-order valence-electron chi connectivity index (χ4n) is 2.60. The van der Waals surface area contributed by atoms with Gasteiger partial charge in [-0.2, -0.15) is 10.2 Å². The summed E-state index contributed by atoms with van der Waals surface area (Å²) in [4.78, 5) is 7.15. The van der Waals surface area contributed by atoms with E-state index in [1.54, 1.807) is 36.9 Å². The van der Waals surface area contributed by atoms with E-state index in [9.17, 15) is 4.39 Å². The van der Waals surface area contributed by atoms with Gasteiger partial charge < -0.3 is 15.0 Å². The van der Waals surface area contributed by atoms with E-state index >= 15 is 0 Å². The first-order valence-electron chi connectivity index (χ1n) is 8.10. The molecular formula is C17H16FN7O. The number of nitrogens with one attached hydrogen (secondary N) is 2. The number of halogens is 1. The largest absolute Gasteiger partial charge is 0.494 e. The SMILES string of the molecule is CCOc1ccc(-n2cc3cnnc(NCc4ncc[nH]4)c3n2)c(F)c1. The van der Waals surface area contributed by atoms with E-state index in [0.29, 0.717) is 35.9 Å². The van der Waals surface area contributed by atoms with Crippen LogP contribution in [0.2, 0.25) is 0 Å². The maximum atomic E-state index is 14.4. The fourth-order valence-corrected chi connectivity index (χ4v) is 2.60. The molecule has 2 N–H and O–H groups in total. The van der Waals surface area contributed by atoms with Crippen LogP contribution in [0.3, 0.4) is 0 Å². The molecule has 0 amide bonds. The van der Waals surface area contributed by atoms with Crippen LogP contribution in [0.1, 0.15) is 12.7 Å². The smallest absolute Gasteiger partial charge is 0.177 e. The summed E-state index contributed by atoms with van der Waals surface area (Å²) in [5, 5.41) is 16.4. The lowest BCUT2D eigenvalue weighted by Gasteiger charge is -2.06. The van der Waals surface area contributed by atoms with E-state index < -0.39 is 5.82 Å². The predicted molar refractivity (Wildman–Crippen MR) is 93.7 cm³/mol. The predicted octanol–water partition coefficient (Wildman–Crippen LogP) is 2.69. The molecule has 0 spiro atoms. The number of imidazole rings is 1. The van der Waals surface area contributed by atoms with E-state index in [1.165, 1.54) is 10.7 Å². The second-order valence-electron chi connectivity index (χ2n) is 5.51. The standard InChI is InChI=1S/C17H16FN7O/c1-2-26-12-3-4-14(13(18)7-12)25-10-11-8-22-23-17(16(11)24-25)21-9-15-19-5-6-20-15/h3-8,10H,2,9H2,1H3,(H,19,20)(H,21,23). The molecule has 0 unspecified atom stereocenters. The zero-order valence-corrected chi connectivity index (χ0v) is 14.0. The number of hydrogen-bond donors (Lipinski definition) is 2. The van der Waals surface area contributed by atoms with Gasteiger partial charge in [0, 0.05) is 30.0 Å². The van der Waals surface area contributed by atoms with Gasteiger partial charge in [-0.3, -0.25) is 0 Å². The van der Waals surface area contributed by atoms with Gasteiger partial charge in [0.15, 0.2) is 11.6 Å². The van der Waals surface area contributed by atoms with Crippen LogP contribution in [0.5, 0.6) is 5.75 Å². The maximum Gasteiger partial charge on any atom is 0.177 e. The van der Waals surface area contributed by atoms with E-state index in [4.69, 9.17) is 4.74 Å². The highest BCUT2D eigenvalue weighted by Crippen LogP contribution is 2.24. The Morgan fingerprint density at radius 3 is 3.04 bits per heavy atom. The van der Waals surface area contributed by atoms with Crippen molar-refractivity contribution in [2.24, 2.45) is 0 Å². The van der Waals surface area contributed by atoms with Crippen LogP contribution in [0.4, 0.5) is 10.2 Å². The quantitative estimate of drug-likeness (QED) is 0.554. The van der Waals surface area contributed by atoms with Crippen molar-refractivity contribution in [3.05, 3.63) is 54.6 Å². The first kappa shape index (κ1) is 16.0. The summed E-state index contributed by atoms with van der Waals surface area (Å²) in [7, 11) is 0. The van der Waals surface area contributed by atoms with Crippen LogP contribution < -0.4 is 10.1 Å². The van der Waals surface area contributed by atoms with Crippen molar-refractivity contribution in [3.63, 3.8) is 0 Å². The molecule has 0 atom stereocenters. The molecule has 0 radical (unpaired) electrons. The third-order valence-electron chi connectivity index (χ3n) is 3.78. The van der Waals surface area contributed by atoms with Gasteiger partial charge in [-0.25, -0.2) is 14.1 Å². The van der Waals surface area contributed by atoms with Gasteiger partial charge >= 0.3 is 0 Å². The van der Waals surface area contributed by atoms with Crippen molar-refractivity contribution in [3.8, 4) is 11.4 Å². The van der Waals surface area contributed by atoms with Gasteiger partial charge in [0.05, 0.1) is 19.3 Å². The first-order chi connectivity index (χ1) is 12.7. The number of aromatic nitrogens is 6. The van der Waals surface area contributed by atoms with Crippen LogP contribution in [0.25, 0.3) is 16.6 Å². The Labute approximate surface area is 148 Å². The number of fused-ring (bicyclic) bond motifs is 1. The van der Waals surface area contributed by atoms with E-state index in [2.05, 4.69) is 30.6 Å². The van der Waals surface area contributed by atoms with Gasteiger partial charge in [0.2, 0.25) is 0 Å². The normalized spacial score (nSPS) is 11.0.